The van der Waals surface area contributed by atoms with E-state index >= 15 is 0 Å². The minimum Gasteiger partial charge on any atom is -0.294 e. The van der Waals surface area contributed by atoms with Gasteiger partial charge in [0.15, 0.2) is 5.78 Å². The average molecular weight is 295 g/mol. The lowest BCUT2D eigenvalue weighted by Crippen LogP contribution is -2.25. The number of hydrogen-bond donors (Lipinski definition) is 0. The third-order valence-electron chi connectivity index (χ3n) is 2.85. The van der Waals surface area contributed by atoms with Gasteiger partial charge in [-0.05, 0) is 26.1 Å². The van der Waals surface area contributed by atoms with Crippen molar-refractivity contribution in [3.63, 3.8) is 0 Å². The Kier molecular flexibility index (Phi) is 4.69. The van der Waals surface area contributed by atoms with Crippen LogP contribution in [0.4, 0.5) is 0 Å². The highest BCUT2D eigenvalue weighted by molar-refractivity contribution is 7.09. The fourth-order valence-electron chi connectivity index (χ4n) is 1.80. The second kappa shape index (κ2) is 6.28. The summed E-state index contributed by atoms with van der Waals surface area (Å²) in [6.07, 6.45) is 0. The summed E-state index contributed by atoms with van der Waals surface area (Å²) in [5, 5.41) is 0.509. The molecule has 0 aliphatic heterocycles. The van der Waals surface area contributed by atoms with E-state index in [1.54, 1.807) is 23.5 Å². The molecule has 0 bridgehead atoms. The number of Topliss-reactive ketones (excluding diaryl/α,β-unsaturated/α-hetero) is 1. The fourth-order valence-corrected chi connectivity index (χ4v) is 2.89. The van der Waals surface area contributed by atoms with Crippen LogP contribution in [0.25, 0.3) is 0 Å². The number of benzene rings is 1. The van der Waals surface area contributed by atoms with Gasteiger partial charge in [-0.1, -0.05) is 23.7 Å². The summed E-state index contributed by atoms with van der Waals surface area (Å²) in [5.41, 5.74) is 3.44. The minimum absolute atomic E-state index is 0.0373. The molecular formula is C14H15ClN2OS. The molecule has 2 aromatic rings. The van der Waals surface area contributed by atoms with Crippen LogP contribution in [0.2, 0.25) is 5.02 Å². The van der Waals surface area contributed by atoms with Crippen LogP contribution in [0, 0.1) is 6.92 Å². The summed E-state index contributed by atoms with van der Waals surface area (Å²) < 4.78 is 0. The molecule has 0 atom stereocenters. The molecular weight excluding hydrogens is 280 g/mol. The van der Waals surface area contributed by atoms with Gasteiger partial charge < -0.3 is 0 Å². The molecule has 19 heavy (non-hydrogen) atoms. The molecule has 0 saturated carbocycles. The minimum atomic E-state index is 0.0373. The van der Waals surface area contributed by atoms with Crippen molar-refractivity contribution in [1.29, 1.82) is 0 Å². The van der Waals surface area contributed by atoms with Crippen molar-refractivity contribution in [2.75, 3.05) is 13.6 Å². The van der Waals surface area contributed by atoms with Gasteiger partial charge in [-0.25, -0.2) is 4.98 Å². The third-order valence-corrected chi connectivity index (χ3v) is 4.10. The predicted octanol–water partition coefficient (Wildman–Crippen LogP) is 3.42. The van der Waals surface area contributed by atoms with Crippen LogP contribution in [0.3, 0.4) is 0 Å². The topological polar surface area (TPSA) is 33.2 Å². The molecule has 0 unspecified atom stereocenters. The summed E-state index contributed by atoms with van der Waals surface area (Å²) in [7, 11) is 1.92. The summed E-state index contributed by atoms with van der Waals surface area (Å²) in [6, 6.07) is 7.15. The monoisotopic (exact) mass is 294 g/mol. The molecule has 1 aromatic heterocycles. The number of halogens is 1. The molecule has 0 saturated heterocycles. The third kappa shape index (κ3) is 3.62. The Bertz CT molecular complexity index is 582. The standard InChI is InChI=1S/C14H15ClN2OS/c1-10-14(19-9-16-10)8-17(2)7-13(18)11-5-3-4-6-12(11)15/h3-6,9H,7-8H2,1-2H3. The Hall–Kier alpha value is -1.23. The van der Waals surface area contributed by atoms with Gasteiger partial charge in [-0.2, -0.15) is 0 Å². The van der Waals surface area contributed by atoms with Gasteiger partial charge in [-0.15, -0.1) is 11.3 Å². The Balaban J connectivity index is 2.00. The molecule has 0 radical (unpaired) electrons. The number of nitrogens with zero attached hydrogens (tertiary/aromatic N) is 2. The number of ketones is 1. The van der Waals surface area contributed by atoms with Gasteiger partial charge in [0, 0.05) is 17.0 Å². The first-order chi connectivity index (χ1) is 9.08. The first-order valence-corrected chi connectivity index (χ1v) is 7.19. The summed E-state index contributed by atoms with van der Waals surface area (Å²) in [6.45, 7) is 3.06. The van der Waals surface area contributed by atoms with Crippen LogP contribution in [-0.2, 0) is 6.54 Å². The van der Waals surface area contributed by atoms with E-state index in [0.29, 0.717) is 17.1 Å². The Morgan fingerprint density at radius 2 is 2.16 bits per heavy atom. The smallest absolute Gasteiger partial charge is 0.178 e. The summed E-state index contributed by atoms with van der Waals surface area (Å²) in [5.74, 6) is 0.0373. The summed E-state index contributed by atoms with van der Waals surface area (Å²) in [4.78, 5) is 19.5. The Morgan fingerprint density at radius 1 is 1.42 bits per heavy atom. The molecule has 0 spiro atoms. The molecule has 0 N–H and O–H groups in total. The molecule has 0 fully saturated rings. The molecule has 0 amide bonds. The number of aryl methyl sites for hydroxylation is 1. The second-order valence-electron chi connectivity index (χ2n) is 4.44. The lowest BCUT2D eigenvalue weighted by atomic mass is 10.1. The highest BCUT2D eigenvalue weighted by Crippen LogP contribution is 2.17. The molecule has 1 aromatic carbocycles. The number of hydrogen-bond acceptors (Lipinski definition) is 4. The molecule has 100 valence electrons. The van der Waals surface area contributed by atoms with Crippen molar-refractivity contribution in [3.8, 4) is 0 Å². The predicted molar refractivity (Wildman–Crippen MR) is 79.0 cm³/mol. The van der Waals surface area contributed by atoms with Crippen molar-refractivity contribution in [3.05, 3.63) is 50.9 Å². The van der Waals surface area contributed by atoms with E-state index in [-0.39, 0.29) is 5.78 Å². The van der Waals surface area contributed by atoms with E-state index < -0.39 is 0 Å². The lowest BCUT2D eigenvalue weighted by molar-refractivity contribution is 0.0943. The highest BCUT2D eigenvalue weighted by Gasteiger charge is 2.13. The second-order valence-corrected chi connectivity index (χ2v) is 5.78. The van der Waals surface area contributed by atoms with Crippen molar-refractivity contribution in [2.24, 2.45) is 0 Å². The maximum Gasteiger partial charge on any atom is 0.178 e. The van der Waals surface area contributed by atoms with Crippen molar-refractivity contribution < 1.29 is 4.79 Å². The van der Waals surface area contributed by atoms with E-state index in [1.165, 1.54) is 4.88 Å². The van der Waals surface area contributed by atoms with Gasteiger partial charge in [0.05, 0.1) is 22.8 Å². The van der Waals surface area contributed by atoms with Crippen LogP contribution >= 0.6 is 22.9 Å². The average Bonchev–Trinajstić information content (AvgIpc) is 2.75. The van der Waals surface area contributed by atoms with Gasteiger partial charge in [-0.3, -0.25) is 9.69 Å². The van der Waals surface area contributed by atoms with Crippen molar-refractivity contribution in [1.82, 2.24) is 9.88 Å². The molecule has 2 rings (SSSR count). The van der Waals surface area contributed by atoms with Crippen LogP contribution in [0.1, 0.15) is 20.9 Å². The fraction of sp³-hybridized carbons (Fsp3) is 0.286. The van der Waals surface area contributed by atoms with Gasteiger partial charge in [0.1, 0.15) is 0 Å². The molecule has 5 heteroatoms. The zero-order valence-corrected chi connectivity index (χ0v) is 12.5. The molecule has 3 nitrogen and oxygen atoms in total. The van der Waals surface area contributed by atoms with E-state index in [1.807, 2.05) is 36.5 Å². The SMILES string of the molecule is Cc1ncsc1CN(C)CC(=O)c1ccccc1Cl. The first-order valence-electron chi connectivity index (χ1n) is 5.93. The van der Waals surface area contributed by atoms with E-state index in [9.17, 15) is 4.79 Å². The van der Waals surface area contributed by atoms with Crippen LogP contribution in [0.5, 0.6) is 0 Å². The number of carbonyl (C=O) groups excluding carboxylic acids is 1. The highest BCUT2D eigenvalue weighted by atomic mass is 35.5. The zero-order valence-electron chi connectivity index (χ0n) is 10.9. The number of carbonyl (C=O) groups is 1. The van der Waals surface area contributed by atoms with Gasteiger partial charge >= 0.3 is 0 Å². The maximum absolute atomic E-state index is 12.2. The van der Waals surface area contributed by atoms with Crippen LogP contribution < -0.4 is 0 Å². The van der Waals surface area contributed by atoms with Crippen LogP contribution in [0.15, 0.2) is 29.8 Å². The molecule has 1 heterocycles. The number of aromatic nitrogens is 1. The van der Waals surface area contributed by atoms with Crippen molar-refractivity contribution in [2.45, 2.75) is 13.5 Å². The van der Waals surface area contributed by atoms with Crippen LogP contribution in [-0.4, -0.2) is 29.3 Å². The Labute approximate surface area is 121 Å². The zero-order chi connectivity index (χ0) is 13.8. The first kappa shape index (κ1) is 14.2. The summed E-state index contributed by atoms with van der Waals surface area (Å²) >= 11 is 7.64. The quantitative estimate of drug-likeness (QED) is 0.792. The van der Waals surface area contributed by atoms with Gasteiger partial charge in [0.25, 0.3) is 0 Å². The van der Waals surface area contributed by atoms with Gasteiger partial charge in [0.2, 0.25) is 0 Å². The molecule has 0 aliphatic rings. The Morgan fingerprint density at radius 3 is 2.79 bits per heavy atom. The number of thiazole rings is 1. The largest absolute Gasteiger partial charge is 0.294 e. The van der Waals surface area contributed by atoms with Crippen molar-refractivity contribution >= 4 is 28.7 Å². The molecule has 0 aliphatic carbocycles. The van der Waals surface area contributed by atoms with E-state index in [4.69, 9.17) is 11.6 Å². The van der Waals surface area contributed by atoms with E-state index in [2.05, 4.69) is 4.98 Å². The number of rotatable bonds is 5. The lowest BCUT2D eigenvalue weighted by Gasteiger charge is -2.15. The van der Waals surface area contributed by atoms with E-state index in [0.717, 1.165) is 12.2 Å². The normalized spacial score (nSPS) is 10.9. The maximum atomic E-state index is 12.2. The number of likely N-dealkylation sites (N-methyl/N-ethyl adjacent to an activating group) is 1.